The van der Waals surface area contributed by atoms with Crippen LogP contribution in [0.2, 0.25) is 0 Å². The number of likely N-dealkylation sites (tertiary alicyclic amines) is 1. The predicted molar refractivity (Wildman–Crippen MR) is 110 cm³/mol. The zero-order valence-electron chi connectivity index (χ0n) is 16.8. The number of rotatable bonds is 12. The van der Waals surface area contributed by atoms with Gasteiger partial charge in [0.1, 0.15) is 24.4 Å². The summed E-state index contributed by atoms with van der Waals surface area (Å²) in [5, 5.41) is 13.1. The van der Waals surface area contributed by atoms with Gasteiger partial charge < -0.3 is 20.3 Å². The summed E-state index contributed by atoms with van der Waals surface area (Å²) in [7, 11) is 0. The Kier molecular flexibility index (Phi) is 9.87. The van der Waals surface area contributed by atoms with Gasteiger partial charge in [-0.2, -0.15) is 0 Å². The first kappa shape index (κ1) is 22.8. The monoisotopic (exact) mass is 395 g/mol. The molecule has 1 aromatic carbocycles. The van der Waals surface area contributed by atoms with Gasteiger partial charge >= 0.3 is 0 Å². The van der Waals surface area contributed by atoms with E-state index < -0.39 is 6.23 Å². The number of hydrogen-bond acceptors (Lipinski definition) is 6. The van der Waals surface area contributed by atoms with E-state index in [1.165, 1.54) is 12.1 Å². The van der Waals surface area contributed by atoms with E-state index in [1.54, 1.807) is 6.07 Å². The molecule has 0 bridgehead atoms. The Labute approximate surface area is 167 Å². The first-order chi connectivity index (χ1) is 13.5. The Morgan fingerprint density at radius 1 is 1.36 bits per heavy atom. The number of nitrogens with zero attached hydrogens (tertiary/aromatic N) is 1. The number of ether oxygens (including phenoxy) is 2. The topological polar surface area (TPSA) is 80.0 Å². The van der Waals surface area contributed by atoms with E-state index in [0.717, 1.165) is 43.6 Å². The molecule has 0 saturated carbocycles. The Hall–Kier alpha value is -1.51. The molecule has 158 valence electrons. The number of aliphatic hydroxyl groups is 1. The number of hydrogen-bond donors (Lipinski definition) is 3. The first-order valence-corrected chi connectivity index (χ1v) is 9.99. The van der Waals surface area contributed by atoms with Crippen LogP contribution in [0.3, 0.4) is 0 Å². The van der Waals surface area contributed by atoms with Crippen LogP contribution in [0.5, 0.6) is 5.75 Å². The molecule has 1 atom stereocenters. The SMILES string of the molecule is C=C(C)c1ccc(F)cc1OCCOCCNC(O)CN1CCC(CN)CC1. The number of halogens is 1. The van der Waals surface area contributed by atoms with Crippen molar-refractivity contribution in [2.24, 2.45) is 11.7 Å². The van der Waals surface area contributed by atoms with Crippen LogP contribution in [0.1, 0.15) is 25.3 Å². The largest absolute Gasteiger partial charge is 0.490 e. The van der Waals surface area contributed by atoms with Gasteiger partial charge in [0.2, 0.25) is 0 Å². The fraction of sp³-hybridized carbons (Fsp3) is 0.619. The minimum atomic E-state index is -0.570. The van der Waals surface area contributed by atoms with Gasteiger partial charge in [0.05, 0.1) is 13.2 Å². The molecule has 6 nitrogen and oxygen atoms in total. The average molecular weight is 396 g/mol. The molecule has 1 aromatic rings. The van der Waals surface area contributed by atoms with Gasteiger partial charge in [-0.25, -0.2) is 4.39 Å². The van der Waals surface area contributed by atoms with E-state index in [-0.39, 0.29) is 5.82 Å². The number of nitrogens with two attached hydrogens (primary N) is 1. The van der Waals surface area contributed by atoms with E-state index in [0.29, 0.717) is 44.6 Å². The molecular formula is C21H34FN3O3. The number of β-amino-alcohol motifs (C(OH)–C–C–N with tert-alkyl or cyclic N) is 1. The van der Waals surface area contributed by atoms with Crippen molar-refractivity contribution < 1.29 is 19.0 Å². The summed E-state index contributed by atoms with van der Waals surface area (Å²) in [6.07, 6.45) is 1.63. The molecule has 0 amide bonds. The lowest BCUT2D eigenvalue weighted by molar-refractivity contribution is 0.0531. The summed E-state index contributed by atoms with van der Waals surface area (Å²) < 4.78 is 24.5. The number of aliphatic hydroxyl groups excluding tert-OH is 1. The van der Waals surface area contributed by atoms with Crippen LogP contribution >= 0.6 is 0 Å². The molecular weight excluding hydrogens is 361 g/mol. The maximum absolute atomic E-state index is 13.4. The van der Waals surface area contributed by atoms with E-state index in [1.807, 2.05) is 6.92 Å². The van der Waals surface area contributed by atoms with Crippen LogP contribution in [-0.4, -0.2) is 68.8 Å². The molecule has 0 radical (unpaired) electrons. The average Bonchev–Trinajstić information content (AvgIpc) is 2.67. The first-order valence-electron chi connectivity index (χ1n) is 9.99. The highest BCUT2D eigenvalue weighted by atomic mass is 19.1. The Morgan fingerprint density at radius 3 is 2.79 bits per heavy atom. The molecule has 0 aromatic heterocycles. The summed E-state index contributed by atoms with van der Waals surface area (Å²) >= 11 is 0. The lowest BCUT2D eigenvalue weighted by Crippen LogP contribution is -2.45. The normalized spacial score (nSPS) is 16.9. The fourth-order valence-electron chi connectivity index (χ4n) is 3.29. The minimum Gasteiger partial charge on any atom is -0.490 e. The molecule has 28 heavy (non-hydrogen) atoms. The third-order valence-corrected chi connectivity index (χ3v) is 4.99. The highest BCUT2D eigenvalue weighted by Crippen LogP contribution is 2.25. The second-order valence-electron chi connectivity index (χ2n) is 7.33. The molecule has 1 aliphatic rings. The van der Waals surface area contributed by atoms with Crippen molar-refractivity contribution in [1.82, 2.24) is 10.2 Å². The third kappa shape index (κ3) is 7.85. The molecule has 1 aliphatic heterocycles. The maximum atomic E-state index is 13.4. The molecule has 1 heterocycles. The number of piperidine rings is 1. The third-order valence-electron chi connectivity index (χ3n) is 4.99. The molecule has 2 rings (SSSR count). The summed E-state index contributed by atoms with van der Waals surface area (Å²) in [6, 6.07) is 4.42. The molecule has 7 heteroatoms. The molecule has 0 spiro atoms. The van der Waals surface area contributed by atoms with Crippen molar-refractivity contribution in [1.29, 1.82) is 0 Å². The van der Waals surface area contributed by atoms with E-state index in [4.69, 9.17) is 15.2 Å². The van der Waals surface area contributed by atoms with Gasteiger partial charge in [-0.15, -0.1) is 0 Å². The fourth-order valence-corrected chi connectivity index (χ4v) is 3.29. The molecule has 1 fully saturated rings. The van der Waals surface area contributed by atoms with Crippen LogP contribution in [-0.2, 0) is 4.74 Å². The predicted octanol–water partition coefficient (Wildman–Crippen LogP) is 1.83. The summed E-state index contributed by atoms with van der Waals surface area (Å²) in [5.74, 6) is 0.755. The lowest BCUT2D eigenvalue weighted by atomic mass is 9.97. The standard InChI is InChI=1S/C21H34FN3O3/c1-16(2)19-4-3-18(22)13-20(19)28-12-11-27-10-7-24-21(26)15-25-8-5-17(14-23)6-9-25/h3-4,13,17,21,24,26H,1,5-12,14-15,23H2,2H3. The Balaban J connectivity index is 1.54. The molecule has 1 unspecified atom stereocenters. The number of allylic oxidation sites excluding steroid dienone is 1. The van der Waals surface area contributed by atoms with E-state index in [9.17, 15) is 9.50 Å². The van der Waals surface area contributed by atoms with E-state index in [2.05, 4.69) is 16.8 Å². The lowest BCUT2D eigenvalue weighted by Gasteiger charge is -2.32. The molecule has 1 saturated heterocycles. The minimum absolute atomic E-state index is 0.322. The van der Waals surface area contributed by atoms with Crippen LogP contribution in [0, 0.1) is 11.7 Å². The van der Waals surface area contributed by atoms with Gasteiger partial charge in [0.25, 0.3) is 0 Å². The van der Waals surface area contributed by atoms with E-state index >= 15 is 0 Å². The van der Waals surface area contributed by atoms with Crippen LogP contribution in [0.4, 0.5) is 4.39 Å². The second kappa shape index (κ2) is 12.1. The number of benzene rings is 1. The van der Waals surface area contributed by atoms with Gasteiger partial charge in [0.15, 0.2) is 0 Å². The summed E-state index contributed by atoms with van der Waals surface area (Å²) in [6.45, 7) is 10.8. The van der Waals surface area contributed by atoms with Crippen molar-refractivity contribution in [3.8, 4) is 5.75 Å². The Bertz CT molecular complexity index is 607. The van der Waals surface area contributed by atoms with Gasteiger partial charge in [-0.1, -0.05) is 6.58 Å². The molecule has 4 N–H and O–H groups in total. The number of nitrogens with one attached hydrogen (secondary N) is 1. The van der Waals surface area contributed by atoms with Gasteiger partial charge in [-0.3, -0.25) is 10.2 Å². The van der Waals surface area contributed by atoms with Crippen molar-refractivity contribution in [3.63, 3.8) is 0 Å². The zero-order valence-corrected chi connectivity index (χ0v) is 16.8. The smallest absolute Gasteiger partial charge is 0.129 e. The molecule has 0 aliphatic carbocycles. The van der Waals surface area contributed by atoms with Crippen molar-refractivity contribution >= 4 is 5.57 Å². The van der Waals surface area contributed by atoms with Crippen molar-refractivity contribution in [2.75, 3.05) is 52.5 Å². The zero-order chi connectivity index (χ0) is 20.4. The van der Waals surface area contributed by atoms with Crippen molar-refractivity contribution in [2.45, 2.75) is 26.0 Å². The maximum Gasteiger partial charge on any atom is 0.129 e. The highest BCUT2D eigenvalue weighted by molar-refractivity contribution is 5.67. The summed E-state index contributed by atoms with van der Waals surface area (Å²) in [5.41, 5.74) is 7.32. The second-order valence-corrected chi connectivity index (χ2v) is 7.33. The highest BCUT2D eigenvalue weighted by Gasteiger charge is 2.19. The van der Waals surface area contributed by atoms with Gasteiger partial charge in [-0.05, 0) is 63.0 Å². The Morgan fingerprint density at radius 2 is 2.11 bits per heavy atom. The van der Waals surface area contributed by atoms with Crippen LogP contribution in [0.25, 0.3) is 5.57 Å². The van der Waals surface area contributed by atoms with Gasteiger partial charge in [0, 0.05) is 24.7 Å². The van der Waals surface area contributed by atoms with Crippen molar-refractivity contribution in [3.05, 3.63) is 36.2 Å². The summed E-state index contributed by atoms with van der Waals surface area (Å²) in [4.78, 5) is 2.26. The van der Waals surface area contributed by atoms with Crippen LogP contribution in [0.15, 0.2) is 24.8 Å². The van der Waals surface area contributed by atoms with Crippen LogP contribution < -0.4 is 15.8 Å². The quantitative estimate of drug-likeness (QED) is 0.370.